The van der Waals surface area contributed by atoms with Crippen LogP contribution < -0.4 is 71.2 Å². The molecule has 2 aliphatic rings. The van der Waals surface area contributed by atoms with Crippen LogP contribution in [0.25, 0.3) is 0 Å². The van der Waals surface area contributed by atoms with Gasteiger partial charge in [0.1, 0.15) is 42.0 Å². The standard InChI is InChI=1S/C55H78N14O15S2/c56-20-5-4-11-36(50(79)62-28-46(60)75)64-54(83)42-12-7-21-69(42)55(84)41-30-86-85-29-40(63-47(76)19-18-35(71)27-61-48(77)26-57)53(82)67-38(23-32-14-16-34(70)17-15-32)51(80)65-37(22-31-8-2-1-3-9-31)43(72)24-33(10-6-13-44(58)73)49(78)66-39(25-45(59)74)52(81)68-41/h1-3,8-9,14-17,33,36-42,70H,4-7,10-13,18-30,56-57H2,(H2,58,73)(H2,59,74)(H2,60,75)(H,61,77)(H,62,79)(H,63,76)(H,64,83)(H,65,80)(H,66,78)(H,67,82)(H,68,81)/t33?,36?,37-,38+,39+,40?,41+,42-/m1/s1. The van der Waals surface area contributed by atoms with E-state index in [9.17, 15) is 72.2 Å². The molecule has 4 rings (SSSR count). The Bertz CT molecular complexity index is 2740. The highest BCUT2D eigenvalue weighted by molar-refractivity contribution is 8.76. The number of primary amides is 3. The van der Waals surface area contributed by atoms with Gasteiger partial charge in [-0.25, -0.2) is 0 Å². The van der Waals surface area contributed by atoms with Crippen LogP contribution in [0.15, 0.2) is 54.6 Å². The highest BCUT2D eigenvalue weighted by Gasteiger charge is 2.41. The van der Waals surface area contributed by atoms with E-state index in [2.05, 4.69) is 42.5 Å². The Morgan fingerprint density at radius 2 is 1.31 bits per heavy atom. The SMILES string of the molecule is NCCCCC(NC(=O)[C@H]1CCCN1C(=O)[C@@H]1CSSCC(NC(=O)CCC(=O)CNC(=O)CN)C(=O)N[C@@H](Cc2ccc(O)cc2)C(=O)N[C@H](Cc2ccccc2)C(=O)CC(CCCC(N)=O)C(=O)N[C@@H](CC(N)=O)C(=O)N1)C(=O)NCC(N)=O. The van der Waals surface area contributed by atoms with E-state index in [0.717, 1.165) is 21.6 Å². The van der Waals surface area contributed by atoms with E-state index in [-0.39, 0.29) is 94.7 Å². The number of nitrogens with two attached hydrogens (primary N) is 5. The van der Waals surface area contributed by atoms with Gasteiger partial charge in [-0.05, 0) is 81.2 Å². The van der Waals surface area contributed by atoms with Gasteiger partial charge < -0.3 is 81.2 Å². The molecule has 0 radical (unpaired) electrons. The van der Waals surface area contributed by atoms with Crippen LogP contribution in [0.1, 0.15) is 88.2 Å². The first-order valence-electron chi connectivity index (χ1n) is 28.0. The Labute approximate surface area is 504 Å². The number of amides is 12. The molecule has 86 heavy (non-hydrogen) atoms. The van der Waals surface area contributed by atoms with Gasteiger partial charge in [-0.15, -0.1) is 0 Å². The second kappa shape index (κ2) is 36.6. The minimum atomic E-state index is -1.80. The highest BCUT2D eigenvalue weighted by atomic mass is 33.1. The van der Waals surface area contributed by atoms with Crippen molar-refractivity contribution in [1.82, 2.24) is 47.4 Å². The van der Waals surface area contributed by atoms with E-state index in [1.807, 2.05) is 0 Å². The maximum atomic E-state index is 14.9. The molecule has 2 aromatic carbocycles. The van der Waals surface area contributed by atoms with Gasteiger partial charge in [0.05, 0.1) is 32.1 Å². The molecule has 0 aliphatic carbocycles. The first-order chi connectivity index (χ1) is 41.0. The Morgan fingerprint density at radius 3 is 1.98 bits per heavy atom. The van der Waals surface area contributed by atoms with Gasteiger partial charge in [0, 0.05) is 56.1 Å². The van der Waals surface area contributed by atoms with Crippen LogP contribution in [0.5, 0.6) is 5.75 Å². The highest BCUT2D eigenvalue weighted by Crippen LogP contribution is 2.27. The van der Waals surface area contributed by atoms with Gasteiger partial charge in [-0.3, -0.25) is 67.1 Å². The number of phenols is 1. The van der Waals surface area contributed by atoms with Crippen LogP contribution in [-0.4, -0.2) is 179 Å². The lowest BCUT2D eigenvalue weighted by Gasteiger charge is -2.31. The molecule has 2 heterocycles. The van der Waals surface area contributed by atoms with Gasteiger partial charge in [-0.1, -0.05) is 64.1 Å². The smallest absolute Gasteiger partial charge is 0.246 e. The number of rotatable bonds is 27. The Balaban J connectivity index is 1.82. The van der Waals surface area contributed by atoms with E-state index >= 15 is 0 Å². The number of hydrogen-bond acceptors (Lipinski definition) is 19. The molecule has 2 saturated heterocycles. The van der Waals surface area contributed by atoms with Gasteiger partial charge >= 0.3 is 0 Å². The van der Waals surface area contributed by atoms with Crippen molar-refractivity contribution in [2.24, 2.45) is 34.6 Å². The normalized spacial score (nSPS) is 21.2. The Morgan fingerprint density at radius 1 is 0.663 bits per heavy atom. The van der Waals surface area contributed by atoms with E-state index in [4.69, 9.17) is 28.7 Å². The zero-order valence-electron chi connectivity index (χ0n) is 47.5. The summed E-state index contributed by atoms with van der Waals surface area (Å²) in [7, 11) is 1.80. The van der Waals surface area contributed by atoms with Crippen molar-refractivity contribution in [1.29, 1.82) is 0 Å². The summed E-state index contributed by atoms with van der Waals surface area (Å²) in [4.78, 5) is 190. The average molecular weight is 1240 g/mol. The minimum Gasteiger partial charge on any atom is -0.508 e. The summed E-state index contributed by atoms with van der Waals surface area (Å²) in [6, 6.07) is 3.88. The number of benzene rings is 2. The molecule has 0 saturated carbocycles. The largest absolute Gasteiger partial charge is 0.508 e. The van der Waals surface area contributed by atoms with E-state index in [0.29, 0.717) is 24.0 Å². The third kappa shape index (κ3) is 24.8. The summed E-state index contributed by atoms with van der Waals surface area (Å²) < 4.78 is 0. The zero-order chi connectivity index (χ0) is 63.3. The van der Waals surface area contributed by atoms with Crippen LogP contribution in [0.4, 0.5) is 0 Å². The van der Waals surface area contributed by atoms with Crippen LogP contribution in [-0.2, 0) is 80.0 Å². The molecule has 31 heteroatoms. The first kappa shape index (κ1) is 70.3. The van der Waals surface area contributed by atoms with Crippen molar-refractivity contribution in [3.63, 3.8) is 0 Å². The van der Waals surface area contributed by atoms with Gasteiger partial charge in [0.25, 0.3) is 0 Å². The molecule has 2 fully saturated rings. The van der Waals surface area contributed by atoms with Crippen molar-refractivity contribution in [3.05, 3.63) is 65.7 Å². The second-order valence-electron chi connectivity index (χ2n) is 20.6. The van der Waals surface area contributed by atoms with Crippen molar-refractivity contribution < 1.29 is 72.2 Å². The number of nitrogens with zero attached hydrogens (tertiary/aromatic N) is 1. The molecule has 0 aromatic heterocycles. The van der Waals surface area contributed by atoms with Gasteiger partial charge in [0.2, 0.25) is 70.9 Å². The average Bonchev–Trinajstić information content (AvgIpc) is 2.51. The first-order valence-corrected chi connectivity index (χ1v) is 30.5. The second-order valence-corrected chi connectivity index (χ2v) is 23.2. The molecular formula is C55H78N14O15S2. The third-order valence-corrected chi connectivity index (χ3v) is 16.2. The van der Waals surface area contributed by atoms with Crippen molar-refractivity contribution in [2.45, 2.75) is 132 Å². The molecule has 19 N–H and O–H groups in total. The lowest BCUT2D eigenvalue weighted by molar-refractivity contribution is -0.142. The lowest BCUT2D eigenvalue weighted by Crippen LogP contribution is -2.59. The van der Waals surface area contributed by atoms with Crippen LogP contribution in [0.3, 0.4) is 0 Å². The van der Waals surface area contributed by atoms with Gasteiger partial charge in [0.15, 0.2) is 11.6 Å². The van der Waals surface area contributed by atoms with Crippen molar-refractivity contribution >= 4 is 104 Å². The molecule has 12 amide bonds. The maximum Gasteiger partial charge on any atom is 0.246 e. The molecule has 2 aromatic rings. The van der Waals surface area contributed by atoms with Crippen LogP contribution in [0.2, 0.25) is 0 Å². The number of likely N-dealkylation sites (tertiary alicyclic amines) is 1. The number of carbonyl (C=O) groups is 14. The summed E-state index contributed by atoms with van der Waals surface area (Å²) in [6.45, 7) is -1.10. The summed E-state index contributed by atoms with van der Waals surface area (Å²) in [5.41, 5.74) is 28.3. The summed E-state index contributed by atoms with van der Waals surface area (Å²) in [5.74, 6) is -13.7. The maximum absolute atomic E-state index is 14.9. The monoisotopic (exact) mass is 1240 g/mol. The fraction of sp³-hybridized carbons (Fsp3) is 0.527. The predicted molar refractivity (Wildman–Crippen MR) is 315 cm³/mol. The molecule has 2 aliphatic heterocycles. The fourth-order valence-corrected chi connectivity index (χ4v) is 11.5. The lowest BCUT2D eigenvalue weighted by atomic mass is 9.90. The van der Waals surface area contributed by atoms with Crippen molar-refractivity contribution in [3.8, 4) is 5.75 Å². The summed E-state index contributed by atoms with van der Waals surface area (Å²) >= 11 is 0. The molecule has 470 valence electrons. The molecular weight excluding hydrogens is 1160 g/mol. The predicted octanol–water partition coefficient (Wildman–Crippen LogP) is -4.27. The zero-order valence-corrected chi connectivity index (χ0v) is 49.1. The van der Waals surface area contributed by atoms with Crippen LogP contribution in [0, 0.1) is 5.92 Å². The molecule has 8 atom stereocenters. The number of Topliss-reactive ketones (excluding diaryl/α,β-unsaturated/α-hetero) is 2. The topological polar surface area (TPSA) is 489 Å². The fourth-order valence-electron chi connectivity index (χ4n) is 9.22. The third-order valence-electron chi connectivity index (χ3n) is 13.8. The van der Waals surface area contributed by atoms with E-state index < -0.39 is 163 Å². The molecule has 0 bridgehead atoms. The number of unbranched alkanes of at least 4 members (excludes halogenated alkanes) is 1. The van der Waals surface area contributed by atoms with Crippen molar-refractivity contribution in [2.75, 3.05) is 44.2 Å². The van der Waals surface area contributed by atoms with Gasteiger partial charge in [-0.2, -0.15) is 0 Å². The minimum absolute atomic E-state index is 0.0321. The summed E-state index contributed by atoms with van der Waals surface area (Å²) in [5, 5.41) is 30.5. The number of hydrogen-bond donors (Lipinski definition) is 14. The van der Waals surface area contributed by atoms with E-state index in [1.165, 1.54) is 29.2 Å². The quantitative estimate of drug-likeness (QED) is 0.0297. The molecule has 29 nitrogen and oxygen atoms in total. The number of aromatic hydroxyl groups is 1. The number of nitrogens with one attached hydrogen (secondary N) is 8. The Hall–Kier alpha value is -8.16. The number of phenolic OH excluding ortho intramolecular Hbond substituents is 1. The molecule has 3 unspecified atom stereocenters. The number of carbonyl (C=O) groups excluding carboxylic acids is 14. The van der Waals surface area contributed by atoms with E-state index in [1.54, 1.807) is 30.3 Å². The molecule has 0 spiro atoms. The van der Waals surface area contributed by atoms with Crippen LogP contribution >= 0.6 is 21.6 Å². The Kier molecular flexibility index (Phi) is 30.0. The number of ketones is 2. The summed E-state index contributed by atoms with van der Waals surface area (Å²) in [6.07, 6.45) is -1.81.